The number of nitrogens with zero attached hydrogens (tertiary/aromatic N) is 1. The third kappa shape index (κ3) is 1.14. The van der Waals surface area contributed by atoms with Crippen molar-refractivity contribution >= 4 is 16.1 Å². The SMILES string of the molecule is Oc1cccc2c1CN(Br)C2. The molecule has 1 aliphatic heterocycles. The van der Waals surface area contributed by atoms with Crippen molar-refractivity contribution in [2.24, 2.45) is 0 Å². The molecule has 2 rings (SSSR count). The van der Waals surface area contributed by atoms with Crippen molar-refractivity contribution in [3.8, 4) is 5.75 Å². The van der Waals surface area contributed by atoms with Crippen molar-refractivity contribution < 1.29 is 5.11 Å². The molecule has 0 atom stereocenters. The molecule has 0 unspecified atom stereocenters. The van der Waals surface area contributed by atoms with Crippen LogP contribution in [0.5, 0.6) is 5.75 Å². The molecule has 0 spiro atoms. The largest absolute Gasteiger partial charge is 0.508 e. The van der Waals surface area contributed by atoms with Gasteiger partial charge in [-0.25, -0.2) is 3.93 Å². The monoisotopic (exact) mass is 213 g/mol. The van der Waals surface area contributed by atoms with Gasteiger partial charge in [0.05, 0.1) is 0 Å². The lowest BCUT2D eigenvalue weighted by atomic mass is 10.1. The van der Waals surface area contributed by atoms with Gasteiger partial charge in [0.2, 0.25) is 0 Å². The highest BCUT2D eigenvalue weighted by Gasteiger charge is 2.18. The smallest absolute Gasteiger partial charge is 0.120 e. The molecule has 0 bridgehead atoms. The van der Waals surface area contributed by atoms with Crippen LogP contribution in [0.25, 0.3) is 0 Å². The zero-order valence-corrected chi connectivity index (χ0v) is 7.50. The number of aromatic hydroxyl groups is 1. The maximum atomic E-state index is 9.40. The third-order valence-corrected chi connectivity index (χ3v) is 2.42. The molecule has 1 N–H and O–H groups in total. The number of hydrogen-bond acceptors (Lipinski definition) is 2. The number of phenolic OH excluding ortho intramolecular Hbond substituents is 1. The normalized spacial score (nSPS) is 16.8. The zero-order chi connectivity index (χ0) is 7.84. The van der Waals surface area contributed by atoms with E-state index in [2.05, 4.69) is 16.1 Å². The molecule has 3 heteroatoms. The van der Waals surface area contributed by atoms with Crippen LogP contribution in [0.1, 0.15) is 11.1 Å². The first-order chi connectivity index (χ1) is 5.27. The Kier molecular flexibility index (Phi) is 1.62. The number of phenols is 1. The Morgan fingerprint density at radius 2 is 2.18 bits per heavy atom. The van der Waals surface area contributed by atoms with Gasteiger partial charge in [-0.2, -0.15) is 0 Å². The van der Waals surface area contributed by atoms with Gasteiger partial charge in [-0.3, -0.25) is 0 Å². The van der Waals surface area contributed by atoms with E-state index in [-0.39, 0.29) is 0 Å². The summed E-state index contributed by atoms with van der Waals surface area (Å²) in [6, 6.07) is 5.64. The molecule has 0 aromatic heterocycles. The summed E-state index contributed by atoms with van der Waals surface area (Å²) in [4.78, 5) is 0. The van der Waals surface area contributed by atoms with Crippen LogP contribution >= 0.6 is 16.1 Å². The Morgan fingerprint density at radius 3 is 2.91 bits per heavy atom. The van der Waals surface area contributed by atoms with Crippen molar-refractivity contribution in [1.82, 2.24) is 3.93 Å². The lowest BCUT2D eigenvalue weighted by Crippen LogP contribution is -1.98. The fourth-order valence-electron chi connectivity index (χ4n) is 1.36. The Bertz CT molecular complexity index is 287. The van der Waals surface area contributed by atoms with E-state index in [1.807, 2.05) is 16.1 Å². The molecule has 0 radical (unpaired) electrons. The summed E-state index contributed by atoms with van der Waals surface area (Å²) in [6.45, 7) is 1.67. The molecule has 58 valence electrons. The van der Waals surface area contributed by atoms with E-state index in [1.165, 1.54) is 5.56 Å². The average Bonchev–Trinajstić information content (AvgIpc) is 2.31. The Hall–Kier alpha value is -0.540. The van der Waals surface area contributed by atoms with E-state index in [0.717, 1.165) is 18.7 Å². The second kappa shape index (κ2) is 2.50. The minimum absolute atomic E-state index is 0.407. The molecule has 1 heterocycles. The van der Waals surface area contributed by atoms with Crippen LogP contribution in [0.3, 0.4) is 0 Å². The zero-order valence-electron chi connectivity index (χ0n) is 5.92. The van der Waals surface area contributed by atoms with Gasteiger partial charge >= 0.3 is 0 Å². The first-order valence-corrected chi connectivity index (χ1v) is 4.19. The molecular weight excluding hydrogens is 206 g/mol. The van der Waals surface area contributed by atoms with Gasteiger partial charge < -0.3 is 5.11 Å². The molecule has 11 heavy (non-hydrogen) atoms. The molecule has 0 saturated heterocycles. The van der Waals surface area contributed by atoms with Gasteiger partial charge in [0.25, 0.3) is 0 Å². The highest BCUT2D eigenvalue weighted by Crippen LogP contribution is 2.31. The number of benzene rings is 1. The summed E-state index contributed by atoms with van der Waals surface area (Å²) in [5.74, 6) is 0.407. The fourth-order valence-corrected chi connectivity index (χ4v) is 1.89. The lowest BCUT2D eigenvalue weighted by molar-refractivity contribution is 0.460. The van der Waals surface area contributed by atoms with Gasteiger partial charge in [0.15, 0.2) is 0 Å². The number of halogens is 1. The Morgan fingerprint density at radius 1 is 1.36 bits per heavy atom. The maximum absolute atomic E-state index is 9.40. The quantitative estimate of drug-likeness (QED) is 0.668. The Labute approximate surface area is 73.8 Å². The van der Waals surface area contributed by atoms with Gasteiger partial charge in [-0.15, -0.1) is 0 Å². The second-order valence-corrected chi connectivity index (χ2v) is 3.70. The van der Waals surface area contributed by atoms with E-state index in [4.69, 9.17) is 0 Å². The lowest BCUT2D eigenvalue weighted by Gasteiger charge is -2.00. The molecule has 1 aromatic rings. The van der Waals surface area contributed by atoms with Crippen molar-refractivity contribution in [2.45, 2.75) is 13.1 Å². The topological polar surface area (TPSA) is 23.5 Å². The molecule has 2 nitrogen and oxygen atoms in total. The minimum atomic E-state index is 0.407. The summed E-state index contributed by atoms with van der Waals surface area (Å²) in [7, 11) is 0. The van der Waals surface area contributed by atoms with Crippen molar-refractivity contribution in [3.63, 3.8) is 0 Å². The number of fused-ring (bicyclic) bond motifs is 1. The molecule has 1 aliphatic rings. The fraction of sp³-hybridized carbons (Fsp3) is 0.250. The molecular formula is C8H8BrNO. The third-order valence-electron chi connectivity index (χ3n) is 1.92. The first kappa shape index (κ1) is 7.13. The highest BCUT2D eigenvalue weighted by molar-refractivity contribution is 9.07. The molecule has 1 aromatic carbocycles. The maximum Gasteiger partial charge on any atom is 0.120 e. The molecule has 0 fully saturated rings. The Balaban J connectivity index is 2.49. The average molecular weight is 214 g/mol. The summed E-state index contributed by atoms with van der Waals surface area (Å²) >= 11 is 3.38. The summed E-state index contributed by atoms with van der Waals surface area (Å²) in [5.41, 5.74) is 2.26. The number of rotatable bonds is 0. The van der Waals surface area contributed by atoms with Gasteiger partial charge in [-0.05, 0) is 11.6 Å². The van der Waals surface area contributed by atoms with Crippen LogP contribution in [-0.2, 0) is 13.1 Å². The van der Waals surface area contributed by atoms with Gasteiger partial charge in [0.1, 0.15) is 5.75 Å². The summed E-state index contributed by atoms with van der Waals surface area (Å²) in [5, 5.41) is 9.40. The van der Waals surface area contributed by atoms with Crippen LogP contribution in [0.15, 0.2) is 18.2 Å². The van der Waals surface area contributed by atoms with E-state index in [0.29, 0.717) is 5.75 Å². The standard InChI is InChI=1S/C8H8BrNO/c9-10-4-6-2-1-3-8(11)7(6)5-10/h1-3,11H,4-5H2. The second-order valence-electron chi connectivity index (χ2n) is 2.69. The van der Waals surface area contributed by atoms with Crippen molar-refractivity contribution in [2.75, 3.05) is 0 Å². The van der Waals surface area contributed by atoms with Crippen LogP contribution in [0.2, 0.25) is 0 Å². The predicted molar refractivity (Wildman–Crippen MR) is 46.3 cm³/mol. The predicted octanol–water partition coefficient (Wildman–Crippen LogP) is 2.02. The van der Waals surface area contributed by atoms with Gasteiger partial charge in [0, 0.05) is 34.8 Å². The van der Waals surface area contributed by atoms with Crippen molar-refractivity contribution in [1.29, 1.82) is 0 Å². The van der Waals surface area contributed by atoms with E-state index >= 15 is 0 Å². The highest BCUT2D eigenvalue weighted by atomic mass is 79.9. The van der Waals surface area contributed by atoms with E-state index < -0.39 is 0 Å². The van der Waals surface area contributed by atoms with Crippen LogP contribution in [0, 0.1) is 0 Å². The summed E-state index contributed by atoms with van der Waals surface area (Å²) in [6.07, 6.45) is 0. The first-order valence-electron chi connectivity index (χ1n) is 3.48. The molecule has 0 saturated carbocycles. The van der Waals surface area contributed by atoms with E-state index in [9.17, 15) is 5.11 Å². The van der Waals surface area contributed by atoms with Crippen molar-refractivity contribution in [3.05, 3.63) is 29.3 Å². The molecule has 0 amide bonds. The number of hydrogen-bond donors (Lipinski definition) is 1. The van der Waals surface area contributed by atoms with Crippen LogP contribution in [-0.4, -0.2) is 9.03 Å². The van der Waals surface area contributed by atoms with E-state index in [1.54, 1.807) is 6.07 Å². The van der Waals surface area contributed by atoms with Gasteiger partial charge in [-0.1, -0.05) is 12.1 Å². The minimum Gasteiger partial charge on any atom is -0.508 e. The van der Waals surface area contributed by atoms with Crippen LogP contribution < -0.4 is 0 Å². The summed E-state index contributed by atoms with van der Waals surface area (Å²) < 4.78 is 2.00. The molecule has 0 aliphatic carbocycles. The van der Waals surface area contributed by atoms with Crippen LogP contribution in [0.4, 0.5) is 0 Å².